The maximum absolute atomic E-state index is 13.4. The highest BCUT2D eigenvalue weighted by Crippen LogP contribution is 2.20. The molecule has 2 aromatic rings. The van der Waals surface area contributed by atoms with Crippen molar-refractivity contribution in [2.24, 2.45) is 0 Å². The van der Waals surface area contributed by atoms with Gasteiger partial charge in [-0.3, -0.25) is 24.0 Å². The minimum Gasteiger partial charge on any atom is -0.481 e. The number of piperazine rings is 1. The monoisotopic (exact) mass is 615 g/mol. The number of nitrogens with zero attached hydrogens (tertiary/aromatic N) is 3. The lowest BCUT2D eigenvalue weighted by molar-refractivity contribution is -0.141. The molecule has 2 atom stereocenters. The number of carbonyl (C=O) groups excluding carboxylic acids is 4. The summed E-state index contributed by atoms with van der Waals surface area (Å²) in [5.74, 6) is -6.23. The summed E-state index contributed by atoms with van der Waals surface area (Å²) < 4.78 is 4.98. The molecular formula is C28H33N5O11. The summed E-state index contributed by atoms with van der Waals surface area (Å²) in [6, 6.07) is 4.55. The second kappa shape index (κ2) is 15.3. The third-order valence-electron chi connectivity index (χ3n) is 6.81. The van der Waals surface area contributed by atoms with Crippen molar-refractivity contribution in [1.29, 1.82) is 0 Å². The molecule has 236 valence electrons. The molecule has 16 nitrogen and oxygen atoms in total. The third kappa shape index (κ3) is 8.86. The number of hydrogen-bond donors (Lipinski definition) is 5. The predicted octanol–water partition coefficient (Wildman–Crippen LogP) is 0.547. The van der Waals surface area contributed by atoms with E-state index < -0.39 is 66.6 Å². The number of carboxylic acid groups (broad SMARTS) is 3. The summed E-state index contributed by atoms with van der Waals surface area (Å²) in [6.45, 7) is 2.47. The Morgan fingerprint density at radius 3 is 2.00 bits per heavy atom. The van der Waals surface area contributed by atoms with Crippen molar-refractivity contribution in [2.45, 2.75) is 44.7 Å². The Labute approximate surface area is 251 Å². The maximum Gasteiger partial charge on any atom is 0.409 e. The molecule has 1 aromatic heterocycles. The molecule has 1 saturated heterocycles. The van der Waals surface area contributed by atoms with E-state index in [1.807, 2.05) is 0 Å². The molecule has 44 heavy (non-hydrogen) atoms. The summed E-state index contributed by atoms with van der Waals surface area (Å²) >= 11 is 0. The number of aromatic nitrogens is 1. The first-order chi connectivity index (χ1) is 20.9. The Bertz CT molecular complexity index is 1440. The van der Waals surface area contributed by atoms with Gasteiger partial charge in [0.2, 0.25) is 5.91 Å². The summed E-state index contributed by atoms with van der Waals surface area (Å²) in [7, 11) is 0. The molecule has 4 amide bonds. The van der Waals surface area contributed by atoms with Crippen LogP contribution in [0.4, 0.5) is 4.79 Å². The summed E-state index contributed by atoms with van der Waals surface area (Å²) in [5, 5.41) is 32.7. The molecule has 0 saturated carbocycles. The number of benzene rings is 1. The fourth-order valence-electron chi connectivity index (χ4n) is 4.54. The smallest absolute Gasteiger partial charge is 0.409 e. The second-order valence-corrected chi connectivity index (χ2v) is 9.84. The Balaban J connectivity index is 1.84. The highest BCUT2D eigenvalue weighted by Gasteiger charge is 2.32. The van der Waals surface area contributed by atoms with E-state index in [2.05, 4.69) is 15.6 Å². The van der Waals surface area contributed by atoms with Gasteiger partial charge < -0.3 is 40.5 Å². The SMILES string of the molecule is CCOC(=O)N1CCN(C(=O)C(CCC(=O)O)NC(=O)c2cc(C(=O)NC(CCC(=O)O)C(=O)O)c3ccccc3n2)CC1. The van der Waals surface area contributed by atoms with E-state index >= 15 is 0 Å². The van der Waals surface area contributed by atoms with E-state index in [1.54, 1.807) is 19.1 Å². The van der Waals surface area contributed by atoms with E-state index in [0.717, 1.165) is 6.07 Å². The van der Waals surface area contributed by atoms with Crippen molar-refractivity contribution in [3.8, 4) is 0 Å². The molecule has 1 aliphatic heterocycles. The Morgan fingerprint density at radius 1 is 0.841 bits per heavy atom. The lowest BCUT2D eigenvalue weighted by Gasteiger charge is -2.35. The zero-order valence-electron chi connectivity index (χ0n) is 23.9. The van der Waals surface area contributed by atoms with Crippen LogP contribution in [0.5, 0.6) is 0 Å². The van der Waals surface area contributed by atoms with E-state index in [1.165, 1.54) is 21.9 Å². The van der Waals surface area contributed by atoms with Crippen LogP contribution in [0.2, 0.25) is 0 Å². The zero-order chi connectivity index (χ0) is 32.4. The third-order valence-corrected chi connectivity index (χ3v) is 6.81. The quantitative estimate of drug-likeness (QED) is 0.208. The summed E-state index contributed by atoms with van der Waals surface area (Å²) in [4.78, 5) is 92.9. The molecule has 1 fully saturated rings. The molecule has 5 N–H and O–H groups in total. The van der Waals surface area contributed by atoms with Gasteiger partial charge in [0.05, 0.1) is 17.7 Å². The van der Waals surface area contributed by atoms with Crippen LogP contribution in [-0.2, 0) is 23.9 Å². The van der Waals surface area contributed by atoms with Crippen LogP contribution in [0.25, 0.3) is 10.9 Å². The molecule has 1 aromatic carbocycles. The molecule has 2 unspecified atom stereocenters. The van der Waals surface area contributed by atoms with Crippen LogP contribution in [-0.4, -0.2) is 117 Å². The van der Waals surface area contributed by atoms with Gasteiger partial charge in [0, 0.05) is 44.4 Å². The van der Waals surface area contributed by atoms with Crippen molar-refractivity contribution in [1.82, 2.24) is 25.4 Å². The second-order valence-electron chi connectivity index (χ2n) is 9.84. The number of ether oxygens (including phenoxy) is 1. The molecule has 16 heteroatoms. The van der Waals surface area contributed by atoms with Gasteiger partial charge in [0.1, 0.15) is 17.8 Å². The molecule has 2 heterocycles. The number of rotatable bonds is 13. The van der Waals surface area contributed by atoms with Crippen molar-refractivity contribution >= 4 is 52.6 Å². The van der Waals surface area contributed by atoms with Crippen LogP contribution in [0.15, 0.2) is 30.3 Å². The fourth-order valence-corrected chi connectivity index (χ4v) is 4.54. The molecule has 0 spiro atoms. The summed E-state index contributed by atoms with van der Waals surface area (Å²) in [5.41, 5.74) is -0.219. The molecule has 0 radical (unpaired) electrons. The van der Waals surface area contributed by atoms with Crippen LogP contribution in [0.3, 0.4) is 0 Å². The lowest BCUT2D eigenvalue weighted by Crippen LogP contribution is -2.56. The van der Waals surface area contributed by atoms with Gasteiger partial charge in [-0.1, -0.05) is 18.2 Å². The van der Waals surface area contributed by atoms with Gasteiger partial charge >= 0.3 is 24.0 Å². The van der Waals surface area contributed by atoms with E-state index in [0.29, 0.717) is 0 Å². The maximum atomic E-state index is 13.4. The summed E-state index contributed by atoms with van der Waals surface area (Å²) in [6.07, 6.45) is -2.09. The number of amides is 4. The highest BCUT2D eigenvalue weighted by molar-refractivity contribution is 6.09. The van der Waals surface area contributed by atoms with Crippen LogP contribution < -0.4 is 10.6 Å². The Kier molecular flexibility index (Phi) is 11.5. The van der Waals surface area contributed by atoms with Crippen molar-refractivity contribution in [2.75, 3.05) is 32.8 Å². The van der Waals surface area contributed by atoms with Crippen LogP contribution >= 0.6 is 0 Å². The number of aliphatic carboxylic acids is 3. The van der Waals surface area contributed by atoms with Gasteiger partial charge in [0.25, 0.3) is 11.8 Å². The number of pyridine rings is 1. The first-order valence-electron chi connectivity index (χ1n) is 13.8. The van der Waals surface area contributed by atoms with Crippen molar-refractivity contribution < 1.29 is 53.6 Å². The molecular weight excluding hydrogens is 582 g/mol. The van der Waals surface area contributed by atoms with Crippen molar-refractivity contribution in [3.63, 3.8) is 0 Å². The van der Waals surface area contributed by atoms with Gasteiger partial charge in [-0.05, 0) is 31.9 Å². The van der Waals surface area contributed by atoms with E-state index in [4.69, 9.17) is 9.84 Å². The minimum atomic E-state index is -1.52. The van der Waals surface area contributed by atoms with Crippen molar-refractivity contribution in [3.05, 3.63) is 41.6 Å². The lowest BCUT2D eigenvalue weighted by atomic mass is 10.0. The highest BCUT2D eigenvalue weighted by atomic mass is 16.6. The fraction of sp³-hybridized carbons (Fsp3) is 0.429. The predicted molar refractivity (Wildman–Crippen MR) is 151 cm³/mol. The molecule has 3 rings (SSSR count). The van der Waals surface area contributed by atoms with Crippen LogP contribution in [0, 0.1) is 0 Å². The van der Waals surface area contributed by atoms with Gasteiger partial charge in [-0.2, -0.15) is 0 Å². The van der Waals surface area contributed by atoms with Gasteiger partial charge in [-0.15, -0.1) is 0 Å². The average Bonchev–Trinajstić information content (AvgIpc) is 2.99. The Morgan fingerprint density at radius 2 is 1.41 bits per heavy atom. The number of para-hydroxylation sites is 1. The standard InChI is InChI=1S/C28H33N5O11/c1-2-44-28(43)33-13-11-32(12-14-33)26(40)19(7-9-22(34)35)30-25(39)21-15-17(16-5-3-4-6-18(16)29-21)24(38)31-20(27(41)42)8-10-23(36)37/h3-6,15,19-20H,2,7-14H2,1H3,(H,30,39)(H,31,38)(H,34,35)(H,36,37)(H,41,42). The van der Waals surface area contributed by atoms with E-state index in [9.17, 15) is 43.8 Å². The number of nitrogens with one attached hydrogen (secondary N) is 2. The van der Waals surface area contributed by atoms with Gasteiger partial charge in [-0.25, -0.2) is 14.6 Å². The molecule has 1 aliphatic rings. The number of carbonyl (C=O) groups is 7. The van der Waals surface area contributed by atoms with Gasteiger partial charge in [0.15, 0.2) is 0 Å². The number of carboxylic acids is 3. The molecule has 0 aliphatic carbocycles. The Hall–Kier alpha value is -5.28. The zero-order valence-corrected chi connectivity index (χ0v) is 23.9. The van der Waals surface area contributed by atoms with E-state index in [-0.39, 0.29) is 67.8 Å². The first-order valence-corrected chi connectivity index (χ1v) is 13.8. The number of fused-ring (bicyclic) bond motifs is 1. The molecule has 0 bridgehead atoms. The largest absolute Gasteiger partial charge is 0.481 e. The van der Waals surface area contributed by atoms with Crippen LogP contribution in [0.1, 0.15) is 53.5 Å². The normalized spacial score (nSPS) is 14.3. The average molecular weight is 616 g/mol. The first kappa shape index (κ1) is 33.2. The minimum absolute atomic E-state index is 0.120. The topological polar surface area (TPSA) is 233 Å². The number of hydrogen-bond acceptors (Lipinski definition) is 9.